The van der Waals surface area contributed by atoms with E-state index in [1.807, 2.05) is 6.07 Å². The van der Waals surface area contributed by atoms with Crippen molar-refractivity contribution < 1.29 is 13.9 Å². The third kappa shape index (κ3) is 3.69. The monoisotopic (exact) mass is 360 g/mol. The molecule has 0 radical (unpaired) electrons. The predicted octanol–water partition coefficient (Wildman–Crippen LogP) is 2.82. The fourth-order valence-corrected chi connectivity index (χ4v) is 2.97. The molecule has 1 aromatic carbocycles. The number of likely N-dealkylation sites (tertiary alicyclic amines) is 1. The highest BCUT2D eigenvalue weighted by Crippen LogP contribution is 2.24. The average Bonchev–Trinajstić information content (AvgIpc) is 2.62. The summed E-state index contributed by atoms with van der Waals surface area (Å²) >= 11 is 5.98. The van der Waals surface area contributed by atoms with E-state index in [1.165, 1.54) is 35.5 Å². The van der Waals surface area contributed by atoms with Crippen LogP contribution < -0.4 is 4.74 Å². The fourth-order valence-electron chi connectivity index (χ4n) is 2.73. The predicted molar refractivity (Wildman–Crippen MR) is 87.7 cm³/mol. The summed E-state index contributed by atoms with van der Waals surface area (Å²) in [6.07, 6.45) is 3.86. The zero-order chi connectivity index (χ0) is 17.8. The van der Waals surface area contributed by atoms with Crippen LogP contribution in [0.15, 0.2) is 30.6 Å². The van der Waals surface area contributed by atoms with Crippen LogP contribution in [0.5, 0.6) is 5.88 Å². The number of halogens is 2. The first-order valence-corrected chi connectivity index (χ1v) is 8.09. The van der Waals surface area contributed by atoms with Gasteiger partial charge in [0, 0.05) is 18.9 Å². The molecule has 0 aliphatic carbocycles. The van der Waals surface area contributed by atoms with E-state index in [9.17, 15) is 9.18 Å². The number of hydrogen-bond donors (Lipinski definition) is 0. The van der Waals surface area contributed by atoms with Crippen molar-refractivity contribution in [3.05, 3.63) is 52.7 Å². The lowest BCUT2D eigenvalue weighted by Gasteiger charge is -2.32. The quantitative estimate of drug-likeness (QED) is 0.840. The number of ether oxygens (including phenoxy) is 1. The van der Waals surface area contributed by atoms with Crippen LogP contribution in [-0.4, -0.2) is 40.0 Å². The smallest absolute Gasteiger partial charge is 0.258 e. The Kier molecular flexibility index (Phi) is 5.10. The van der Waals surface area contributed by atoms with Gasteiger partial charge in [0.2, 0.25) is 5.69 Å². The van der Waals surface area contributed by atoms with E-state index in [2.05, 4.69) is 9.97 Å². The first-order chi connectivity index (χ1) is 12.1. The molecule has 25 heavy (non-hydrogen) atoms. The number of amides is 1. The molecule has 2 aromatic rings. The molecule has 6 nitrogen and oxygen atoms in total. The van der Waals surface area contributed by atoms with E-state index in [0.717, 1.165) is 0 Å². The molecule has 1 atom stereocenters. The van der Waals surface area contributed by atoms with Crippen molar-refractivity contribution in [1.82, 2.24) is 14.9 Å². The Balaban J connectivity index is 1.75. The van der Waals surface area contributed by atoms with Gasteiger partial charge in [0.25, 0.3) is 11.8 Å². The summed E-state index contributed by atoms with van der Waals surface area (Å²) in [5.74, 6) is -0.995. The molecule has 1 amide bonds. The lowest BCUT2D eigenvalue weighted by molar-refractivity contribution is 0.0522. The van der Waals surface area contributed by atoms with Gasteiger partial charge in [-0.15, -0.1) is 0 Å². The van der Waals surface area contributed by atoms with E-state index >= 15 is 0 Å². The lowest BCUT2D eigenvalue weighted by atomic mass is 10.1. The summed E-state index contributed by atoms with van der Waals surface area (Å²) in [6, 6.07) is 6.05. The first-order valence-electron chi connectivity index (χ1n) is 7.71. The highest BCUT2D eigenvalue weighted by molar-refractivity contribution is 6.33. The van der Waals surface area contributed by atoms with Crippen molar-refractivity contribution in [1.29, 1.82) is 5.26 Å². The minimum absolute atomic E-state index is 0.0775. The van der Waals surface area contributed by atoms with Crippen molar-refractivity contribution in [3.63, 3.8) is 0 Å². The number of piperidine rings is 1. The van der Waals surface area contributed by atoms with E-state index in [-0.39, 0.29) is 34.8 Å². The molecule has 1 fully saturated rings. The van der Waals surface area contributed by atoms with Gasteiger partial charge in [0.15, 0.2) is 0 Å². The van der Waals surface area contributed by atoms with Gasteiger partial charge in [-0.25, -0.2) is 14.4 Å². The highest BCUT2D eigenvalue weighted by Gasteiger charge is 2.29. The Labute approximate surface area is 148 Å². The summed E-state index contributed by atoms with van der Waals surface area (Å²) in [7, 11) is 0. The third-order valence-corrected chi connectivity index (χ3v) is 4.21. The standard InChI is InChI=1S/C17H14ClFN4O2/c18-12-4-1-5-13(19)15(12)17(24)23-8-2-3-11(10-23)25-16-14(9-20)21-6-7-22-16/h1,4-7,11H,2-3,8,10H2. The average molecular weight is 361 g/mol. The van der Waals surface area contributed by atoms with Gasteiger partial charge in [-0.2, -0.15) is 5.26 Å². The number of carbonyl (C=O) groups is 1. The molecule has 128 valence electrons. The Morgan fingerprint density at radius 1 is 1.40 bits per heavy atom. The van der Waals surface area contributed by atoms with E-state index < -0.39 is 11.7 Å². The topological polar surface area (TPSA) is 79.1 Å². The first kappa shape index (κ1) is 17.1. The molecule has 8 heteroatoms. The number of rotatable bonds is 3. The second kappa shape index (κ2) is 7.45. The van der Waals surface area contributed by atoms with Crippen molar-refractivity contribution in [3.8, 4) is 11.9 Å². The molecule has 0 saturated carbocycles. The van der Waals surface area contributed by atoms with Gasteiger partial charge in [-0.1, -0.05) is 17.7 Å². The number of hydrogen-bond acceptors (Lipinski definition) is 5. The molecular weight excluding hydrogens is 347 g/mol. The fraction of sp³-hybridized carbons (Fsp3) is 0.294. The molecule has 1 saturated heterocycles. The van der Waals surface area contributed by atoms with Crippen LogP contribution in [0.3, 0.4) is 0 Å². The number of nitrogens with zero attached hydrogens (tertiary/aromatic N) is 4. The number of nitriles is 1. The van der Waals surface area contributed by atoms with Crippen LogP contribution in [0.1, 0.15) is 28.9 Å². The van der Waals surface area contributed by atoms with Crippen molar-refractivity contribution in [2.24, 2.45) is 0 Å². The SMILES string of the molecule is N#Cc1nccnc1OC1CCCN(C(=O)c2c(F)cccc2Cl)C1. The van der Waals surface area contributed by atoms with E-state index in [1.54, 1.807) is 0 Å². The van der Waals surface area contributed by atoms with Gasteiger partial charge < -0.3 is 9.64 Å². The molecule has 3 rings (SSSR count). The number of carbonyl (C=O) groups excluding carboxylic acids is 1. The zero-order valence-corrected chi connectivity index (χ0v) is 13.9. The normalized spacial score (nSPS) is 17.0. The molecule has 1 aliphatic rings. The van der Waals surface area contributed by atoms with Crippen molar-refractivity contribution in [2.75, 3.05) is 13.1 Å². The highest BCUT2D eigenvalue weighted by atomic mass is 35.5. The van der Waals surface area contributed by atoms with Crippen LogP contribution in [-0.2, 0) is 0 Å². The molecule has 0 bridgehead atoms. The summed E-state index contributed by atoms with van der Waals surface area (Å²) in [5, 5.41) is 9.12. The van der Waals surface area contributed by atoms with Crippen LogP contribution in [0.2, 0.25) is 5.02 Å². The number of aromatic nitrogens is 2. The molecule has 1 aromatic heterocycles. The molecule has 0 spiro atoms. The van der Waals surface area contributed by atoms with Gasteiger partial charge >= 0.3 is 0 Å². The minimum atomic E-state index is -0.652. The summed E-state index contributed by atoms with van der Waals surface area (Å²) in [5.41, 5.74) is -0.0508. The Morgan fingerprint density at radius 2 is 2.20 bits per heavy atom. The molecular formula is C17H14ClFN4O2. The van der Waals surface area contributed by atoms with E-state index in [0.29, 0.717) is 19.4 Å². The second-order valence-corrected chi connectivity index (χ2v) is 5.96. The van der Waals surface area contributed by atoms with Crippen LogP contribution in [0.4, 0.5) is 4.39 Å². The maximum absolute atomic E-state index is 14.0. The molecule has 0 N–H and O–H groups in total. The Bertz CT molecular complexity index is 819. The summed E-state index contributed by atoms with van der Waals surface area (Å²) in [4.78, 5) is 22.0. The second-order valence-electron chi connectivity index (χ2n) is 5.55. The molecule has 2 heterocycles. The van der Waals surface area contributed by atoms with Gasteiger partial charge in [0.05, 0.1) is 17.1 Å². The van der Waals surface area contributed by atoms with E-state index in [4.69, 9.17) is 21.6 Å². The maximum Gasteiger partial charge on any atom is 0.258 e. The van der Waals surface area contributed by atoms with Gasteiger partial charge in [0.1, 0.15) is 18.0 Å². The maximum atomic E-state index is 14.0. The van der Waals surface area contributed by atoms with Gasteiger partial charge in [-0.3, -0.25) is 4.79 Å². The molecule has 1 aliphatic heterocycles. The van der Waals surface area contributed by atoms with Crippen LogP contribution in [0.25, 0.3) is 0 Å². The zero-order valence-electron chi connectivity index (χ0n) is 13.2. The summed E-state index contributed by atoms with van der Waals surface area (Å²) < 4.78 is 19.7. The Morgan fingerprint density at radius 3 is 2.96 bits per heavy atom. The van der Waals surface area contributed by atoms with Crippen molar-refractivity contribution in [2.45, 2.75) is 18.9 Å². The minimum Gasteiger partial charge on any atom is -0.470 e. The Hall–Kier alpha value is -2.72. The summed E-state index contributed by atoms with van der Waals surface area (Å²) in [6.45, 7) is 0.736. The number of benzene rings is 1. The molecule has 1 unspecified atom stereocenters. The van der Waals surface area contributed by atoms with Crippen LogP contribution in [0, 0.1) is 17.1 Å². The lowest BCUT2D eigenvalue weighted by Crippen LogP contribution is -2.44. The third-order valence-electron chi connectivity index (χ3n) is 3.89. The van der Waals surface area contributed by atoms with Crippen molar-refractivity contribution >= 4 is 17.5 Å². The largest absolute Gasteiger partial charge is 0.470 e. The van der Waals surface area contributed by atoms with Gasteiger partial charge in [-0.05, 0) is 25.0 Å². The van der Waals surface area contributed by atoms with Crippen LogP contribution >= 0.6 is 11.6 Å².